The third-order valence-corrected chi connectivity index (χ3v) is 1.67. The Morgan fingerprint density at radius 1 is 1.57 bits per heavy atom. The Morgan fingerprint density at radius 3 is 2.43 bits per heavy atom. The molecule has 1 heterocycles. The molecule has 0 radical (unpaired) electrons. The topological polar surface area (TPSA) is 12.4 Å². The van der Waals surface area contributed by atoms with E-state index in [1.165, 1.54) is 0 Å². The highest BCUT2D eigenvalue weighted by atomic mass is 79.9. The molecule has 1 aliphatic rings. The molecule has 0 aromatic carbocycles. The van der Waals surface area contributed by atoms with Crippen molar-refractivity contribution in [2.45, 2.75) is 6.42 Å². The Hall–Kier alpha value is 0.370. The van der Waals surface area contributed by atoms with Crippen molar-refractivity contribution in [3.05, 3.63) is 10.7 Å². The Balaban J connectivity index is 2.69. The first-order valence-electron chi connectivity index (χ1n) is 1.88. The van der Waals surface area contributed by atoms with E-state index in [0.717, 1.165) is 15.6 Å². The third-order valence-electron chi connectivity index (χ3n) is 0.667. The summed E-state index contributed by atoms with van der Waals surface area (Å²) in [7, 11) is 0. The first kappa shape index (κ1) is 5.51. The molecule has 0 amide bonds. The molecule has 0 aliphatic carbocycles. The van der Waals surface area contributed by atoms with Gasteiger partial charge in [0.2, 0.25) is 0 Å². The number of allylic oxidation sites excluding steroid dienone is 1. The highest BCUT2D eigenvalue weighted by molar-refractivity contribution is 9.18. The maximum atomic E-state index is 4.00. The number of rotatable bonds is 0. The summed E-state index contributed by atoms with van der Waals surface area (Å²) in [6.07, 6.45) is 2.94. The van der Waals surface area contributed by atoms with Gasteiger partial charge in [0.05, 0.1) is 4.62 Å². The molecule has 0 bridgehead atoms. The minimum absolute atomic E-state index is 0.930. The summed E-state index contributed by atoms with van der Waals surface area (Å²) >= 11 is 6.47. The SMILES string of the molecule is BrC1=CCC(Br)=N1. The number of hydrogen-bond donors (Lipinski definition) is 0. The highest BCUT2D eigenvalue weighted by Crippen LogP contribution is 2.18. The van der Waals surface area contributed by atoms with Gasteiger partial charge >= 0.3 is 0 Å². The monoisotopic (exact) mass is 223 g/mol. The van der Waals surface area contributed by atoms with E-state index in [1.54, 1.807) is 0 Å². The second kappa shape index (κ2) is 2.09. The molecule has 0 unspecified atom stereocenters. The van der Waals surface area contributed by atoms with Crippen molar-refractivity contribution < 1.29 is 0 Å². The van der Waals surface area contributed by atoms with Crippen LogP contribution in [0, 0.1) is 0 Å². The molecule has 0 fully saturated rings. The maximum absolute atomic E-state index is 4.00. The fourth-order valence-corrected chi connectivity index (χ4v) is 1.34. The lowest BCUT2D eigenvalue weighted by Gasteiger charge is -1.75. The lowest BCUT2D eigenvalue weighted by molar-refractivity contribution is 1.58. The zero-order chi connectivity index (χ0) is 5.28. The van der Waals surface area contributed by atoms with E-state index in [0.29, 0.717) is 0 Å². The Bertz CT molecular complexity index is 137. The van der Waals surface area contributed by atoms with Crippen LogP contribution in [0.2, 0.25) is 0 Å². The molecule has 0 saturated heterocycles. The standard InChI is InChI=1S/C4H3Br2N/c5-3-1-2-4(6)7-3/h1H,2H2. The van der Waals surface area contributed by atoms with E-state index in [2.05, 4.69) is 36.9 Å². The molecule has 1 aliphatic heterocycles. The Morgan fingerprint density at radius 2 is 2.29 bits per heavy atom. The molecule has 7 heavy (non-hydrogen) atoms. The summed E-state index contributed by atoms with van der Waals surface area (Å²) in [5.74, 6) is 0. The highest BCUT2D eigenvalue weighted by Gasteiger charge is 1.99. The Labute approximate surface area is 58.8 Å². The number of halogens is 2. The molecule has 38 valence electrons. The molecule has 0 saturated carbocycles. The van der Waals surface area contributed by atoms with Gasteiger partial charge in [0.25, 0.3) is 0 Å². The van der Waals surface area contributed by atoms with Crippen LogP contribution in [0.4, 0.5) is 0 Å². The fourth-order valence-electron chi connectivity index (χ4n) is 0.376. The zero-order valence-corrected chi connectivity index (χ0v) is 6.66. The maximum Gasteiger partial charge on any atom is 0.103 e. The first-order valence-corrected chi connectivity index (χ1v) is 3.46. The second-order valence-corrected chi connectivity index (χ2v) is 2.95. The van der Waals surface area contributed by atoms with Crippen LogP contribution < -0.4 is 0 Å². The molecular weight excluding hydrogens is 222 g/mol. The van der Waals surface area contributed by atoms with Gasteiger partial charge in [-0.1, -0.05) is 0 Å². The summed E-state index contributed by atoms with van der Waals surface area (Å²) in [4.78, 5) is 4.00. The van der Waals surface area contributed by atoms with Crippen molar-refractivity contribution in [1.29, 1.82) is 0 Å². The summed E-state index contributed by atoms with van der Waals surface area (Å²) in [5, 5.41) is 0. The van der Waals surface area contributed by atoms with Gasteiger partial charge in [-0.05, 0) is 37.9 Å². The van der Waals surface area contributed by atoms with Gasteiger partial charge in [-0.25, -0.2) is 4.99 Å². The van der Waals surface area contributed by atoms with Crippen LogP contribution in [0.3, 0.4) is 0 Å². The normalized spacial score (nSPS) is 19.1. The summed E-state index contributed by atoms with van der Waals surface area (Å²) < 4.78 is 1.93. The van der Waals surface area contributed by atoms with Gasteiger partial charge in [0, 0.05) is 6.42 Å². The molecule has 0 aromatic rings. The van der Waals surface area contributed by atoms with Gasteiger partial charge in [0.15, 0.2) is 0 Å². The fraction of sp³-hybridized carbons (Fsp3) is 0.250. The molecule has 0 atom stereocenters. The van der Waals surface area contributed by atoms with Crippen LogP contribution in [0.5, 0.6) is 0 Å². The summed E-state index contributed by atoms with van der Waals surface area (Å²) in [6.45, 7) is 0. The lowest BCUT2D eigenvalue weighted by atomic mass is 10.5. The molecule has 0 aromatic heterocycles. The van der Waals surface area contributed by atoms with Gasteiger partial charge in [-0.15, -0.1) is 0 Å². The second-order valence-electron chi connectivity index (χ2n) is 1.22. The van der Waals surface area contributed by atoms with Crippen LogP contribution >= 0.6 is 31.9 Å². The van der Waals surface area contributed by atoms with E-state index in [1.807, 2.05) is 6.08 Å². The Kier molecular flexibility index (Phi) is 1.65. The van der Waals surface area contributed by atoms with Crippen molar-refractivity contribution in [2.75, 3.05) is 0 Å². The number of aliphatic imine (C=N–C) groups is 1. The average Bonchev–Trinajstić information content (AvgIpc) is 1.87. The molecular formula is C4H3Br2N. The minimum atomic E-state index is 0.930. The third kappa shape index (κ3) is 1.39. The van der Waals surface area contributed by atoms with E-state index < -0.39 is 0 Å². The van der Waals surface area contributed by atoms with Crippen LogP contribution in [-0.2, 0) is 0 Å². The van der Waals surface area contributed by atoms with Gasteiger partial charge in [-0.2, -0.15) is 0 Å². The molecule has 3 heteroatoms. The van der Waals surface area contributed by atoms with Crippen LogP contribution in [0.1, 0.15) is 6.42 Å². The quantitative estimate of drug-likeness (QED) is 0.561. The zero-order valence-electron chi connectivity index (χ0n) is 3.49. The summed E-state index contributed by atoms with van der Waals surface area (Å²) in [5.41, 5.74) is 0. The van der Waals surface area contributed by atoms with E-state index in [9.17, 15) is 0 Å². The average molecular weight is 225 g/mol. The number of nitrogens with zero attached hydrogens (tertiary/aromatic N) is 1. The number of hydrogen-bond acceptors (Lipinski definition) is 1. The van der Waals surface area contributed by atoms with Crippen molar-refractivity contribution in [2.24, 2.45) is 4.99 Å². The summed E-state index contributed by atoms with van der Waals surface area (Å²) in [6, 6.07) is 0. The van der Waals surface area contributed by atoms with Crippen molar-refractivity contribution in [1.82, 2.24) is 0 Å². The molecule has 1 rings (SSSR count). The van der Waals surface area contributed by atoms with Crippen molar-refractivity contribution in [3.63, 3.8) is 0 Å². The molecule has 0 spiro atoms. The van der Waals surface area contributed by atoms with E-state index >= 15 is 0 Å². The lowest BCUT2D eigenvalue weighted by Crippen LogP contribution is -1.71. The van der Waals surface area contributed by atoms with E-state index in [-0.39, 0.29) is 0 Å². The van der Waals surface area contributed by atoms with Crippen LogP contribution in [0.15, 0.2) is 15.7 Å². The molecule has 0 N–H and O–H groups in total. The predicted octanol–water partition coefficient (Wildman–Crippen LogP) is 2.42. The van der Waals surface area contributed by atoms with Gasteiger partial charge < -0.3 is 0 Å². The van der Waals surface area contributed by atoms with Crippen molar-refractivity contribution in [3.8, 4) is 0 Å². The molecule has 1 nitrogen and oxygen atoms in total. The first-order chi connectivity index (χ1) is 3.29. The van der Waals surface area contributed by atoms with Crippen LogP contribution in [0.25, 0.3) is 0 Å². The van der Waals surface area contributed by atoms with Gasteiger partial charge in [-0.3, -0.25) is 0 Å². The predicted molar refractivity (Wildman–Crippen MR) is 38.0 cm³/mol. The smallest absolute Gasteiger partial charge is 0.103 e. The minimum Gasteiger partial charge on any atom is -0.238 e. The van der Waals surface area contributed by atoms with Crippen LogP contribution in [-0.4, -0.2) is 4.62 Å². The largest absolute Gasteiger partial charge is 0.238 e. The van der Waals surface area contributed by atoms with Gasteiger partial charge in [0.1, 0.15) is 4.61 Å². The van der Waals surface area contributed by atoms with E-state index in [4.69, 9.17) is 0 Å². The van der Waals surface area contributed by atoms with Crippen molar-refractivity contribution >= 4 is 36.5 Å².